The van der Waals surface area contributed by atoms with Gasteiger partial charge in [-0.25, -0.2) is 4.79 Å². The molecule has 19 heavy (non-hydrogen) atoms. The van der Waals surface area contributed by atoms with Crippen LogP contribution in [0.15, 0.2) is 30.4 Å². The molecule has 3 rings (SSSR count). The molecule has 3 nitrogen and oxygen atoms in total. The second-order valence-corrected chi connectivity index (χ2v) is 5.87. The van der Waals surface area contributed by atoms with Gasteiger partial charge in [0.05, 0.1) is 5.56 Å². The Morgan fingerprint density at radius 3 is 2.89 bits per heavy atom. The van der Waals surface area contributed by atoms with Crippen molar-refractivity contribution in [1.82, 2.24) is 0 Å². The molecule has 3 heteroatoms. The summed E-state index contributed by atoms with van der Waals surface area (Å²) in [5.41, 5.74) is 2.61. The molecule has 0 saturated carbocycles. The van der Waals surface area contributed by atoms with E-state index in [0.717, 1.165) is 17.7 Å². The van der Waals surface area contributed by atoms with Gasteiger partial charge in [0.1, 0.15) is 0 Å². The van der Waals surface area contributed by atoms with E-state index < -0.39 is 5.97 Å². The fourth-order valence-electron chi connectivity index (χ4n) is 3.43. The normalized spacial score (nSPS) is 27.8. The Labute approximate surface area is 113 Å². The lowest BCUT2D eigenvalue weighted by Crippen LogP contribution is -2.39. The van der Waals surface area contributed by atoms with Crippen LogP contribution in [0.4, 0.5) is 5.69 Å². The van der Waals surface area contributed by atoms with Gasteiger partial charge in [-0.1, -0.05) is 26.0 Å². The van der Waals surface area contributed by atoms with Crippen molar-refractivity contribution >= 4 is 11.7 Å². The summed E-state index contributed by atoms with van der Waals surface area (Å²) in [4.78, 5) is 11.1. The number of aromatic carboxylic acids is 1. The van der Waals surface area contributed by atoms with Crippen molar-refractivity contribution < 1.29 is 9.90 Å². The molecule has 0 amide bonds. The molecule has 0 aromatic heterocycles. The predicted molar refractivity (Wildman–Crippen MR) is 75.6 cm³/mol. The molecular formula is C16H19NO2. The molecule has 1 aliphatic heterocycles. The fourth-order valence-corrected chi connectivity index (χ4v) is 3.43. The van der Waals surface area contributed by atoms with Crippen LogP contribution in [0.3, 0.4) is 0 Å². The molecule has 1 aliphatic carbocycles. The second-order valence-electron chi connectivity index (χ2n) is 5.87. The highest BCUT2D eigenvalue weighted by atomic mass is 16.4. The van der Waals surface area contributed by atoms with Gasteiger partial charge in [0.25, 0.3) is 0 Å². The van der Waals surface area contributed by atoms with Crippen LogP contribution in [-0.2, 0) is 0 Å². The van der Waals surface area contributed by atoms with Crippen molar-refractivity contribution in [3.8, 4) is 0 Å². The van der Waals surface area contributed by atoms with Gasteiger partial charge in [0.2, 0.25) is 0 Å². The first-order chi connectivity index (χ1) is 9.08. The van der Waals surface area contributed by atoms with Gasteiger partial charge in [-0.05, 0) is 42.0 Å². The Balaban J connectivity index is 2.05. The van der Waals surface area contributed by atoms with Crippen LogP contribution in [-0.4, -0.2) is 17.1 Å². The Kier molecular flexibility index (Phi) is 2.85. The monoisotopic (exact) mass is 257 g/mol. The summed E-state index contributed by atoms with van der Waals surface area (Å²) in [5.74, 6) is 0.631. The van der Waals surface area contributed by atoms with Crippen molar-refractivity contribution in [3.05, 3.63) is 41.5 Å². The minimum atomic E-state index is -0.854. The number of hydrogen-bond acceptors (Lipinski definition) is 2. The zero-order valence-electron chi connectivity index (χ0n) is 11.3. The molecule has 0 bridgehead atoms. The van der Waals surface area contributed by atoms with Gasteiger partial charge < -0.3 is 10.4 Å². The number of carboxylic acid groups (broad SMARTS) is 1. The van der Waals surface area contributed by atoms with Gasteiger partial charge >= 0.3 is 5.97 Å². The number of nitrogens with one attached hydrogen (secondary N) is 1. The summed E-state index contributed by atoms with van der Waals surface area (Å²) in [6.07, 6.45) is 5.55. The quantitative estimate of drug-likeness (QED) is 0.797. The number of fused-ring (bicyclic) bond motifs is 3. The second kappa shape index (κ2) is 4.41. The van der Waals surface area contributed by atoms with Gasteiger partial charge in [-0.2, -0.15) is 0 Å². The Morgan fingerprint density at radius 1 is 1.42 bits per heavy atom. The molecule has 0 unspecified atom stereocenters. The zero-order chi connectivity index (χ0) is 13.6. The minimum absolute atomic E-state index is 0.364. The molecule has 100 valence electrons. The summed E-state index contributed by atoms with van der Waals surface area (Å²) in [6.45, 7) is 4.48. The van der Waals surface area contributed by atoms with Crippen molar-refractivity contribution in [2.45, 2.75) is 32.2 Å². The number of hydrogen-bond donors (Lipinski definition) is 2. The van der Waals surface area contributed by atoms with Crippen LogP contribution in [0.1, 0.15) is 42.1 Å². The van der Waals surface area contributed by atoms with E-state index in [9.17, 15) is 4.79 Å². The summed E-state index contributed by atoms with van der Waals surface area (Å²) in [7, 11) is 0. The number of benzene rings is 1. The van der Waals surface area contributed by atoms with E-state index in [2.05, 4.69) is 31.3 Å². The summed E-state index contributed by atoms with van der Waals surface area (Å²) >= 11 is 0. The highest BCUT2D eigenvalue weighted by molar-refractivity contribution is 5.88. The Bertz CT molecular complexity index is 548. The predicted octanol–water partition coefficient (Wildman–Crippen LogP) is 3.49. The van der Waals surface area contributed by atoms with Crippen LogP contribution in [0, 0.1) is 11.8 Å². The van der Waals surface area contributed by atoms with Crippen LogP contribution < -0.4 is 5.32 Å². The van der Waals surface area contributed by atoms with E-state index in [-0.39, 0.29) is 0 Å². The molecule has 1 aromatic rings. The summed E-state index contributed by atoms with van der Waals surface area (Å²) < 4.78 is 0. The first-order valence-electron chi connectivity index (χ1n) is 6.88. The van der Waals surface area contributed by atoms with Crippen LogP contribution in [0.5, 0.6) is 0 Å². The van der Waals surface area contributed by atoms with E-state index >= 15 is 0 Å². The lowest BCUT2D eigenvalue weighted by atomic mass is 9.75. The molecule has 1 aromatic carbocycles. The van der Waals surface area contributed by atoms with Crippen molar-refractivity contribution in [3.63, 3.8) is 0 Å². The smallest absolute Gasteiger partial charge is 0.335 e. The van der Waals surface area contributed by atoms with E-state index in [4.69, 9.17) is 5.11 Å². The third-order valence-electron chi connectivity index (χ3n) is 4.37. The van der Waals surface area contributed by atoms with Crippen molar-refractivity contribution in [2.24, 2.45) is 11.8 Å². The van der Waals surface area contributed by atoms with Crippen LogP contribution in [0.2, 0.25) is 0 Å². The zero-order valence-corrected chi connectivity index (χ0v) is 11.3. The number of allylic oxidation sites excluding steroid dienone is 2. The molecule has 2 N–H and O–H groups in total. The maximum atomic E-state index is 11.1. The Hall–Kier alpha value is -1.77. The number of carbonyl (C=O) groups is 1. The van der Waals surface area contributed by atoms with Crippen LogP contribution >= 0.6 is 0 Å². The summed E-state index contributed by atoms with van der Waals surface area (Å²) in [6, 6.07) is 5.89. The lowest BCUT2D eigenvalue weighted by Gasteiger charge is -2.39. The number of rotatable bonds is 2. The lowest BCUT2D eigenvalue weighted by molar-refractivity contribution is 0.0696. The standard InChI is InChI=1S/C16H19NO2/c1-9(2)15-12-5-3-4-11(12)13-8-10(16(18)19)6-7-14(13)17-15/h3-4,6-9,11-12,15,17H,5H2,1-2H3,(H,18,19)/t11-,12+,15+/m0/s1. The fraction of sp³-hybridized carbons (Fsp3) is 0.438. The van der Waals surface area contributed by atoms with E-state index in [1.54, 1.807) is 6.07 Å². The summed E-state index contributed by atoms with van der Waals surface area (Å²) in [5, 5.41) is 12.7. The number of carboxylic acids is 1. The van der Waals surface area contributed by atoms with Gasteiger partial charge in [-0.15, -0.1) is 0 Å². The van der Waals surface area contributed by atoms with Gasteiger partial charge in [-0.3, -0.25) is 0 Å². The first kappa shape index (κ1) is 12.3. The maximum Gasteiger partial charge on any atom is 0.335 e. The van der Waals surface area contributed by atoms with Crippen molar-refractivity contribution in [1.29, 1.82) is 0 Å². The maximum absolute atomic E-state index is 11.1. The molecule has 2 aliphatic rings. The third-order valence-corrected chi connectivity index (χ3v) is 4.37. The molecule has 1 heterocycles. The van der Waals surface area contributed by atoms with Crippen molar-refractivity contribution in [2.75, 3.05) is 5.32 Å². The molecule has 0 spiro atoms. The molecule has 0 saturated heterocycles. The highest BCUT2D eigenvalue weighted by Gasteiger charge is 2.38. The highest BCUT2D eigenvalue weighted by Crippen LogP contribution is 2.46. The number of anilines is 1. The topological polar surface area (TPSA) is 49.3 Å². The molecule has 3 atom stereocenters. The third kappa shape index (κ3) is 1.93. The average molecular weight is 257 g/mol. The van der Waals surface area contributed by atoms with E-state index in [0.29, 0.717) is 29.4 Å². The molecule has 0 radical (unpaired) electrons. The SMILES string of the molecule is CC(C)[C@H]1Nc2ccc(C(=O)O)cc2[C@H]2C=CC[C@H]21. The minimum Gasteiger partial charge on any atom is -0.478 e. The van der Waals surface area contributed by atoms with Crippen LogP contribution in [0.25, 0.3) is 0 Å². The Morgan fingerprint density at radius 2 is 2.21 bits per heavy atom. The van der Waals surface area contributed by atoms with Gasteiger partial charge in [0, 0.05) is 17.6 Å². The van der Waals surface area contributed by atoms with Gasteiger partial charge in [0.15, 0.2) is 0 Å². The van der Waals surface area contributed by atoms with E-state index in [1.165, 1.54) is 0 Å². The average Bonchev–Trinajstić information content (AvgIpc) is 2.86. The largest absolute Gasteiger partial charge is 0.478 e. The molecule has 0 fully saturated rings. The molecular weight excluding hydrogens is 238 g/mol. The first-order valence-corrected chi connectivity index (χ1v) is 6.88. The van der Waals surface area contributed by atoms with E-state index in [1.807, 2.05) is 12.1 Å².